The lowest BCUT2D eigenvalue weighted by Crippen LogP contribution is -1.90. The maximum Gasteiger partial charge on any atom is 0.126 e. The Labute approximate surface area is 102 Å². The standard InChI is InChI=1S/C16H17F/c1-10-5-6-14(7-11(10)2)15-8-12(3)13(4)16(17)9-15/h5-9H,1-4H3. The van der Waals surface area contributed by atoms with E-state index in [1.54, 1.807) is 6.07 Å². The van der Waals surface area contributed by atoms with Gasteiger partial charge < -0.3 is 0 Å². The highest BCUT2D eigenvalue weighted by Crippen LogP contribution is 2.26. The summed E-state index contributed by atoms with van der Waals surface area (Å²) in [6.45, 7) is 7.92. The summed E-state index contributed by atoms with van der Waals surface area (Å²) in [5.41, 5.74) is 6.26. The Morgan fingerprint density at radius 3 is 1.94 bits per heavy atom. The number of rotatable bonds is 1. The van der Waals surface area contributed by atoms with Crippen molar-refractivity contribution in [2.24, 2.45) is 0 Å². The first-order valence-corrected chi connectivity index (χ1v) is 5.83. The molecule has 0 N–H and O–H groups in total. The Kier molecular flexibility index (Phi) is 3.01. The summed E-state index contributed by atoms with van der Waals surface area (Å²) in [5, 5.41) is 0. The van der Waals surface area contributed by atoms with Crippen molar-refractivity contribution in [2.45, 2.75) is 27.7 Å². The van der Waals surface area contributed by atoms with Crippen molar-refractivity contribution in [3.8, 4) is 11.1 Å². The first-order chi connectivity index (χ1) is 7.99. The molecule has 88 valence electrons. The monoisotopic (exact) mass is 228 g/mol. The molecule has 0 radical (unpaired) electrons. The molecular weight excluding hydrogens is 211 g/mol. The fourth-order valence-electron chi connectivity index (χ4n) is 1.90. The second-order valence-electron chi connectivity index (χ2n) is 4.70. The average Bonchev–Trinajstić information content (AvgIpc) is 2.29. The van der Waals surface area contributed by atoms with Crippen molar-refractivity contribution in [2.75, 3.05) is 0 Å². The van der Waals surface area contributed by atoms with E-state index in [2.05, 4.69) is 26.0 Å². The molecule has 0 heterocycles. The Bertz CT molecular complexity index is 545. The van der Waals surface area contributed by atoms with Crippen LogP contribution in [0, 0.1) is 33.5 Å². The molecule has 0 amide bonds. The van der Waals surface area contributed by atoms with Crippen LogP contribution < -0.4 is 0 Å². The maximum absolute atomic E-state index is 13.7. The summed E-state index contributed by atoms with van der Waals surface area (Å²) < 4.78 is 13.7. The van der Waals surface area contributed by atoms with Crippen molar-refractivity contribution < 1.29 is 4.39 Å². The largest absolute Gasteiger partial charge is 0.207 e. The van der Waals surface area contributed by atoms with Crippen molar-refractivity contribution in [3.63, 3.8) is 0 Å². The zero-order chi connectivity index (χ0) is 12.6. The summed E-state index contributed by atoms with van der Waals surface area (Å²) in [7, 11) is 0. The van der Waals surface area contributed by atoms with Gasteiger partial charge in [0.15, 0.2) is 0 Å². The Morgan fingerprint density at radius 1 is 0.706 bits per heavy atom. The zero-order valence-corrected chi connectivity index (χ0v) is 10.8. The number of hydrogen-bond donors (Lipinski definition) is 0. The molecule has 0 bridgehead atoms. The molecule has 1 heteroatoms. The molecule has 17 heavy (non-hydrogen) atoms. The van der Waals surface area contributed by atoms with Gasteiger partial charge in [0.25, 0.3) is 0 Å². The van der Waals surface area contributed by atoms with E-state index in [1.165, 1.54) is 11.1 Å². The lowest BCUT2D eigenvalue weighted by Gasteiger charge is -2.09. The minimum absolute atomic E-state index is 0.127. The summed E-state index contributed by atoms with van der Waals surface area (Å²) in [5.74, 6) is -0.127. The number of halogens is 1. The van der Waals surface area contributed by atoms with E-state index < -0.39 is 0 Å². The quantitative estimate of drug-likeness (QED) is 0.662. The Hall–Kier alpha value is -1.63. The fraction of sp³-hybridized carbons (Fsp3) is 0.250. The van der Waals surface area contributed by atoms with Gasteiger partial charge in [0.1, 0.15) is 5.82 Å². The van der Waals surface area contributed by atoms with E-state index in [9.17, 15) is 4.39 Å². The van der Waals surface area contributed by atoms with Crippen LogP contribution in [0.5, 0.6) is 0 Å². The molecular formula is C16H17F. The van der Waals surface area contributed by atoms with Crippen LogP contribution in [0.4, 0.5) is 4.39 Å². The lowest BCUT2D eigenvalue weighted by atomic mass is 9.97. The minimum atomic E-state index is -0.127. The number of benzene rings is 2. The molecule has 2 aromatic rings. The van der Waals surface area contributed by atoms with Crippen molar-refractivity contribution >= 4 is 0 Å². The molecule has 0 nitrogen and oxygen atoms in total. The van der Waals surface area contributed by atoms with Gasteiger partial charge in [0.2, 0.25) is 0 Å². The van der Waals surface area contributed by atoms with E-state index in [-0.39, 0.29) is 5.82 Å². The smallest absolute Gasteiger partial charge is 0.126 e. The predicted octanol–water partition coefficient (Wildman–Crippen LogP) is 4.73. The van der Waals surface area contributed by atoms with Crippen LogP contribution in [0.2, 0.25) is 0 Å². The van der Waals surface area contributed by atoms with Crippen LogP contribution in [-0.4, -0.2) is 0 Å². The molecule has 0 fully saturated rings. The Balaban J connectivity index is 2.57. The van der Waals surface area contributed by atoms with Crippen LogP contribution >= 0.6 is 0 Å². The predicted molar refractivity (Wildman–Crippen MR) is 70.8 cm³/mol. The zero-order valence-electron chi connectivity index (χ0n) is 10.8. The Morgan fingerprint density at radius 2 is 1.35 bits per heavy atom. The normalized spacial score (nSPS) is 10.6. The molecule has 0 saturated carbocycles. The van der Waals surface area contributed by atoms with Crippen LogP contribution in [0.3, 0.4) is 0 Å². The first kappa shape index (κ1) is 11.8. The van der Waals surface area contributed by atoms with Crippen LogP contribution in [-0.2, 0) is 0 Å². The maximum atomic E-state index is 13.7. The third kappa shape index (κ3) is 2.23. The van der Waals surface area contributed by atoms with Gasteiger partial charge in [-0.2, -0.15) is 0 Å². The molecule has 2 rings (SSSR count). The van der Waals surface area contributed by atoms with Gasteiger partial charge in [0.05, 0.1) is 0 Å². The van der Waals surface area contributed by atoms with Gasteiger partial charge in [-0.1, -0.05) is 24.3 Å². The van der Waals surface area contributed by atoms with E-state index in [4.69, 9.17) is 0 Å². The molecule has 0 spiro atoms. The first-order valence-electron chi connectivity index (χ1n) is 5.83. The number of aryl methyl sites for hydroxylation is 3. The van der Waals surface area contributed by atoms with Gasteiger partial charge in [0, 0.05) is 0 Å². The molecule has 0 aliphatic heterocycles. The summed E-state index contributed by atoms with van der Waals surface area (Å²) in [6, 6.07) is 9.90. The van der Waals surface area contributed by atoms with E-state index >= 15 is 0 Å². The third-order valence-electron chi connectivity index (χ3n) is 3.44. The van der Waals surface area contributed by atoms with E-state index in [1.807, 2.05) is 26.0 Å². The molecule has 0 aliphatic rings. The molecule has 0 saturated heterocycles. The number of hydrogen-bond acceptors (Lipinski definition) is 0. The van der Waals surface area contributed by atoms with Gasteiger partial charge in [-0.3, -0.25) is 0 Å². The molecule has 2 aromatic carbocycles. The molecule has 0 unspecified atom stereocenters. The minimum Gasteiger partial charge on any atom is -0.207 e. The van der Waals surface area contributed by atoms with Crippen LogP contribution in [0.1, 0.15) is 22.3 Å². The van der Waals surface area contributed by atoms with Crippen molar-refractivity contribution in [3.05, 3.63) is 58.4 Å². The second kappa shape index (κ2) is 4.33. The fourth-order valence-corrected chi connectivity index (χ4v) is 1.90. The average molecular weight is 228 g/mol. The van der Waals surface area contributed by atoms with Gasteiger partial charge in [-0.15, -0.1) is 0 Å². The third-order valence-corrected chi connectivity index (χ3v) is 3.44. The lowest BCUT2D eigenvalue weighted by molar-refractivity contribution is 0.617. The summed E-state index contributed by atoms with van der Waals surface area (Å²) >= 11 is 0. The summed E-state index contributed by atoms with van der Waals surface area (Å²) in [4.78, 5) is 0. The molecule has 0 aliphatic carbocycles. The van der Waals surface area contributed by atoms with Crippen LogP contribution in [0.25, 0.3) is 11.1 Å². The highest BCUT2D eigenvalue weighted by molar-refractivity contribution is 5.66. The van der Waals surface area contributed by atoms with Gasteiger partial charge >= 0.3 is 0 Å². The van der Waals surface area contributed by atoms with Crippen molar-refractivity contribution in [1.29, 1.82) is 0 Å². The van der Waals surface area contributed by atoms with E-state index in [0.717, 1.165) is 22.3 Å². The molecule has 0 aromatic heterocycles. The SMILES string of the molecule is Cc1ccc(-c2cc(C)c(C)c(F)c2)cc1C. The highest BCUT2D eigenvalue weighted by Gasteiger charge is 2.06. The topological polar surface area (TPSA) is 0 Å². The second-order valence-corrected chi connectivity index (χ2v) is 4.70. The van der Waals surface area contributed by atoms with E-state index in [0.29, 0.717) is 0 Å². The summed E-state index contributed by atoms with van der Waals surface area (Å²) in [6.07, 6.45) is 0. The van der Waals surface area contributed by atoms with Crippen LogP contribution in [0.15, 0.2) is 30.3 Å². The van der Waals surface area contributed by atoms with Gasteiger partial charge in [-0.05, 0) is 67.1 Å². The van der Waals surface area contributed by atoms with Gasteiger partial charge in [-0.25, -0.2) is 4.39 Å². The van der Waals surface area contributed by atoms with Crippen molar-refractivity contribution in [1.82, 2.24) is 0 Å². The highest BCUT2D eigenvalue weighted by atomic mass is 19.1. The molecule has 0 atom stereocenters.